The maximum atomic E-state index is 11.5. The van der Waals surface area contributed by atoms with Crippen molar-refractivity contribution < 1.29 is 0 Å². The minimum absolute atomic E-state index is 0.0523. The summed E-state index contributed by atoms with van der Waals surface area (Å²) >= 11 is 5.16. The SMILES string of the molecule is CC(CCBr)CCSc1n[nH]c(=O)n1C1CC1. The summed E-state index contributed by atoms with van der Waals surface area (Å²) in [5.41, 5.74) is -0.0523. The average Bonchev–Trinajstić information content (AvgIpc) is 3.05. The van der Waals surface area contributed by atoms with Crippen LogP contribution in [-0.2, 0) is 0 Å². The molecule has 1 N–H and O–H groups in total. The van der Waals surface area contributed by atoms with Crippen LogP contribution < -0.4 is 5.69 Å². The Kier molecular flexibility index (Phi) is 4.73. The first-order valence-corrected chi connectivity index (χ1v) is 8.18. The molecule has 0 bridgehead atoms. The standard InChI is InChI=1S/C11H18BrN3OS/c1-8(4-6-12)5-7-17-11-14-13-10(16)15(11)9-2-3-9/h8-9H,2-7H2,1H3,(H,13,16). The van der Waals surface area contributed by atoms with Crippen molar-refractivity contribution in [3.63, 3.8) is 0 Å². The fraction of sp³-hybridized carbons (Fsp3) is 0.818. The Bertz CT molecular complexity index is 413. The number of rotatable bonds is 7. The molecule has 1 aromatic heterocycles. The van der Waals surface area contributed by atoms with Gasteiger partial charge in [0.1, 0.15) is 0 Å². The normalized spacial score (nSPS) is 17.3. The highest BCUT2D eigenvalue weighted by Crippen LogP contribution is 2.36. The maximum Gasteiger partial charge on any atom is 0.344 e. The van der Waals surface area contributed by atoms with Gasteiger partial charge in [-0.1, -0.05) is 34.6 Å². The van der Waals surface area contributed by atoms with Crippen LogP contribution in [0.5, 0.6) is 0 Å². The molecule has 1 heterocycles. The molecule has 2 rings (SSSR count). The van der Waals surface area contributed by atoms with E-state index in [9.17, 15) is 4.79 Å². The predicted octanol–water partition coefficient (Wildman–Crippen LogP) is 2.81. The van der Waals surface area contributed by atoms with Gasteiger partial charge in [-0.3, -0.25) is 4.57 Å². The van der Waals surface area contributed by atoms with Crippen molar-refractivity contribution in [2.75, 3.05) is 11.1 Å². The second-order valence-electron chi connectivity index (χ2n) is 4.63. The first kappa shape index (κ1) is 13.2. The molecule has 0 aliphatic heterocycles. The Morgan fingerprint density at radius 3 is 3.00 bits per heavy atom. The molecule has 0 radical (unpaired) electrons. The van der Waals surface area contributed by atoms with E-state index < -0.39 is 0 Å². The number of aromatic amines is 1. The van der Waals surface area contributed by atoms with Crippen LogP contribution in [0.3, 0.4) is 0 Å². The van der Waals surface area contributed by atoms with Crippen LogP contribution in [0.25, 0.3) is 0 Å². The van der Waals surface area contributed by atoms with Gasteiger partial charge in [-0.15, -0.1) is 5.10 Å². The summed E-state index contributed by atoms with van der Waals surface area (Å²) in [6.07, 6.45) is 4.61. The quantitative estimate of drug-likeness (QED) is 0.621. The highest BCUT2D eigenvalue weighted by atomic mass is 79.9. The van der Waals surface area contributed by atoms with Crippen molar-refractivity contribution in [1.29, 1.82) is 0 Å². The van der Waals surface area contributed by atoms with E-state index in [-0.39, 0.29) is 5.69 Å². The lowest BCUT2D eigenvalue weighted by Gasteiger charge is -2.08. The number of aromatic nitrogens is 3. The monoisotopic (exact) mass is 319 g/mol. The molecule has 1 aliphatic rings. The highest BCUT2D eigenvalue weighted by Gasteiger charge is 2.28. The maximum absolute atomic E-state index is 11.5. The molecule has 1 unspecified atom stereocenters. The summed E-state index contributed by atoms with van der Waals surface area (Å²) in [5, 5.41) is 8.58. The summed E-state index contributed by atoms with van der Waals surface area (Å²) in [6, 6.07) is 0.406. The van der Waals surface area contributed by atoms with Crippen LogP contribution in [0.4, 0.5) is 0 Å². The summed E-state index contributed by atoms with van der Waals surface area (Å²) in [6.45, 7) is 2.26. The molecule has 17 heavy (non-hydrogen) atoms. The van der Waals surface area contributed by atoms with E-state index in [2.05, 4.69) is 33.1 Å². The van der Waals surface area contributed by atoms with Gasteiger partial charge < -0.3 is 0 Å². The van der Waals surface area contributed by atoms with E-state index in [0.717, 1.165) is 35.0 Å². The molecule has 1 fully saturated rings. The predicted molar refractivity (Wildman–Crippen MR) is 74.0 cm³/mol. The summed E-state index contributed by atoms with van der Waals surface area (Å²) in [5.74, 6) is 1.76. The van der Waals surface area contributed by atoms with Gasteiger partial charge in [-0.05, 0) is 31.6 Å². The number of hydrogen-bond donors (Lipinski definition) is 1. The lowest BCUT2D eigenvalue weighted by molar-refractivity contribution is 0.554. The zero-order chi connectivity index (χ0) is 12.3. The number of nitrogens with one attached hydrogen (secondary N) is 1. The first-order valence-electron chi connectivity index (χ1n) is 6.08. The molecule has 1 aromatic rings. The summed E-state index contributed by atoms with van der Waals surface area (Å²) in [7, 11) is 0. The molecule has 1 saturated carbocycles. The van der Waals surface area contributed by atoms with Crippen LogP contribution in [-0.4, -0.2) is 25.8 Å². The smallest absolute Gasteiger partial charge is 0.267 e. The first-order chi connectivity index (χ1) is 8.22. The van der Waals surface area contributed by atoms with Gasteiger partial charge in [0, 0.05) is 17.1 Å². The minimum Gasteiger partial charge on any atom is -0.267 e. The van der Waals surface area contributed by atoms with Crippen molar-refractivity contribution in [1.82, 2.24) is 14.8 Å². The van der Waals surface area contributed by atoms with Crippen molar-refractivity contribution >= 4 is 27.7 Å². The number of halogens is 1. The van der Waals surface area contributed by atoms with Crippen molar-refractivity contribution in [2.45, 2.75) is 43.8 Å². The Morgan fingerprint density at radius 1 is 1.59 bits per heavy atom. The third kappa shape index (κ3) is 3.61. The van der Waals surface area contributed by atoms with Gasteiger partial charge in [0.05, 0.1) is 0 Å². The molecule has 0 spiro atoms. The number of H-pyrrole nitrogens is 1. The second kappa shape index (κ2) is 6.09. The molecule has 0 amide bonds. The molecule has 1 aliphatic carbocycles. The minimum atomic E-state index is -0.0523. The second-order valence-corrected chi connectivity index (χ2v) is 6.49. The largest absolute Gasteiger partial charge is 0.344 e. The van der Waals surface area contributed by atoms with Crippen molar-refractivity contribution in [3.05, 3.63) is 10.5 Å². The molecule has 6 heteroatoms. The van der Waals surface area contributed by atoms with Crippen molar-refractivity contribution in [3.8, 4) is 0 Å². The number of nitrogens with zero attached hydrogens (tertiary/aromatic N) is 2. The van der Waals surface area contributed by atoms with E-state index >= 15 is 0 Å². The molecular formula is C11H18BrN3OS. The molecule has 0 aromatic carbocycles. The van der Waals surface area contributed by atoms with Gasteiger partial charge in [0.25, 0.3) is 0 Å². The fourth-order valence-corrected chi connectivity index (χ4v) is 3.69. The third-order valence-corrected chi connectivity index (χ3v) is 4.47. The molecular weight excluding hydrogens is 302 g/mol. The Morgan fingerprint density at radius 2 is 2.35 bits per heavy atom. The van der Waals surface area contributed by atoms with Gasteiger partial charge in [0.15, 0.2) is 5.16 Å². The zero-order valence-electron chi connectivity index (χ0n) is 9.99. The highest BCUT2D eigenvalue weighted by molar-refractivity contribution is 9.09. The van der Waals surface area contributed by atoms with Crippen LogP contribution in [0, 0.1) is 5.92 Å². The van der Waals surface area contributed by atoms with Crippen molar-refractivity contribution in [2.24, 2.45) is 5.92 Å². The Labute approximate surface area is 114 Å². The van der Waals surface area contributed by atoms with E-state index in [1.54, 1.807) is 11.8 Å². The van der Waals surface area contributed by atoms with Crippen LogP contribution >= 0.6 is 27.7 Å². The Balaban J connectivity index is 1.84. The van der Waals surface area contributed by atoms with Gasteiger partial charge in [-0.2, -0.15) is 0 Å². The number of thioether (sulfide) groups is 1. The van der Waals surface area contributed by atoms with E-state index in [1.165, 1.54) is 12.8 Å². The third-order valence-electron chi connectivity index (χ3n) is 3.03. The molecule has 96 valence electrons. The molecule has 1 atom stereocenters. The van der Waals surface area contributed by atoms with Crippen LogP contribution in [0.2, 0.25) is 0 Å². The van der Waals surface area contributed by atoms with Gasteiger partial charge >= 0.3 is 5.69 Å². The average molecular weight is 320 g/mol. The van der Waals surface area contributed by atoms with E-state index in [4.69, 9.17) is 0 Å². The van der Waals surface area contributed by atoms with Crippen LogP contribution in [0.1, 0.15) is 38.6 Å². The Hall–Kier alpha value is -0.230. The number of alkyl halides is 1. The zero-order valence-corrected chi connectivity index (χ0v) is 12.4. The summed E-state index contributed by atoms with van der Waals surface area (Å²) < 4.78 is 1.82. The number of hydrogen-bond acceptors (Lipinski definition) is 3. The van der Waals surface area contributed by atoms with E-state index in [1.807, 2.05) is 4.57 Å². The molecule has 0 saturated heterocycles. The van der Waals surface area contributed by atoms with Gasteiger partial charge in [-0.25, -0.2) is 9.89 Å². The van der Waals surface area contributed by atoms with Gasteiger partial charge in [0.2, 0.25) is 0 Å². The lowest BCUT2D eigenvalue weighted by Crippen LogP contribution is -2.16. The summed E-state index contributed by atoms with van der Waals surface area (Å²) in [4.78, 5) is 11.5. The van der Waals surface area contributed by atoms with Crippen LogP contribution in [0.15, 0.2) is 9.95 Å². The van der Waals surface area contributed by atoms with E-state index in [0.29, 0.717) is 6.04 Å². The topological polar surface area (TPSA) is 50.7 Å². The lowest BCUT2D eigenvalue weighted by atomic mass is 10.1. The molecule has 4 nitrogen and oxygen atoms in total. The fourth-order valence-electron chi connectivity index (χ4n) is 1.73.